The first-order chi connectivity index (χ1) is 9.13. The Morgan fingerprint density at radius 3 is 2.40 bits per heavy atom. The van der Waals surface area contributed by atoms with Gasteiger partial charge in [-0.15, -0.1) is 0 Å². The van der Waals surface area contributed by atoms with E-state index in [-0.39, 0.29) is 17.0 Å². The van der Waals surface area contributed by atoms with Gasteiger partial charge in [0.05, 0.1) is 16.0 Å². The zero-order chi connectivity index (χ0) is 15.5. The van der Waals surface area contributed by atoms with Crippen LogP contribution in [0.2, 0.25) is 5.02 Å². The third-order valence-electron chi connectivity index (χ3n) is 2.70. The fourth-order valence-electron chi connectivity index (χ4n) is 1.47. The van der Waals surface area contributed by atoms with E-state index < -0.39 is 23.2 Å². The van der Waals surface area contributed by atoms with Gasteiger partial charge in [0.15, 0.2) is 0 Å². The summed E-state index contributed by atoms with van der Waals surface area (Å²) in [6, 6.07) is 4.24. The number of carbonyl (C=O) groups is 3. The molecule has 2 amide bonds. The zero-order valence-corrected chi connectivity index (χ0v) is 11.8. The van der Waals surface area contributed by atoms with Gasteiger partial charge < -0.3 is 16.2 Å². The second-order valence-electron chi connectivity index (χ2n) is 4.97. The third-order valence-corrected chi connectivity index (χ3v) is 3.01. The highest BCUT2D eigenvalue weighted by molar-refractivity contribution is 6.34. The van der Waals surface area contributed by atoms with Gasteiger partial charge in [-0.3, -0.25) is 14.4 Å². The SMILES string of the molecule is CC(C)(CC(=O)Nc1ccc(C(N)=O)c(Cl)c1)C(=O)O. The summed E-state index contributed by atoms with van der Waals surface area (Å²) in [4.78, 5) is 33.7. The number of nitrogens with two attached hydrogens (primary N) is 1. The molecule has 108 valence electrons. The van der Waals surface area contributed by atoms with Crippen molar-refractivity contribution >= 4 is 35.1 Å². The molecule has 6 nitrogen and oxygen atoms in total. The Hall–Kier alpha value is -2.08. The lowest BCUT2D eigenvalue weighted by molar-refractivity contribution is -0.148. The number of halogens is 1. The first-order valence-corrected chi connectivity index (χ1v) is 6.14. The highest BCUT2D eigenvalue weighted by Gasteiger charge is 2.30. The smallest absolute Gasteiger partial charge is 0.309 e. The molecule has 0 heterocycles. The van der Waals surface area contributed by atoms with E-state index in [2.05, 4.69) is 5.32 Å². The maximum Gasteiger partial charge on any atom is 0.309 e. The Morgan fingerprint density at radius 1 is 1.35 bits per heavy atom. The Balaban J connectivity index is 2.80. The van der Waals surface area contributed by atoms with Gasteiger partial charge in [-0.1, -0.05) is 11.6 Å². The molecule has 1 aromatic rings. The summed E-state index contributed by atoms with van der Waals surface area (Å²) < 4.78 is 0. The summed E-state index contributed by atoms with van der Waals surface area (Å²) in [6.45, 7) is 2.91. The summed E-state index contributed by atoms with van der Waals surface area (Å²) in [5.74, 6) is -2.19. The molecule has 0 aromatic heterocycles. The molecule has 0 bridgehead atoms. The first-order valence-electron chi connectivity index (χ1n) is 5.76. The van der Waals surface area contributed by atoms with Crippen molar-refractivity contribution in [2.24, 2.45) is 11.1 Å². The Kier molecular flexibility index (Phi) is 4.73. The van der Waals surface area contributed by atoms with Gasteiger partial charge in [-0.2, -0.15) is 0 Å². The second-order valence-corrected chi connectivity index (χ2v) is 5.38. The van der Waals surface area contributed by atoms with Gasteiger partial charge in [-0.25, -0.2) is 0 Å². The van der Waals surface area contributed by atoms with Crippen molar-refractivity contribution in [3.05, 3.63) is 28.8 Å². The van der Waals surface area contributed by atoms with Gasteiger partial charge in [0.25, 0.3) is 0 Å². The van der Waals surface area contributed by atoms with Crippen LogP contribution in [0.15, 0.2) is 18.2 Å². The van der Waals surface area contributed by atoms with E-state index in [0.717, 1.165) is 0 Å². The van der Waals surface area contributed by atoms with Gasteiger partial charge in [0.1, 0.15) is 0 Å². The van der Waals surface area contributed by atoms with Crippen LogP contribution in [0, 0.1) is 5.41 Å². The molecule has 0 spiro atoms. The number of anilines is 1. The molecule has 0 radical (unpaired) electrons. The van der Waals surface area contributed by atoms with Crippen LogP contribution in [0.25, 0.3) is 0 Å². The number of hydrogen-bond acceptors (Lipinski definition) is 3. The topological polar surface area (TPSA) is 109 Å². The van der Waals surface area contributed by atoms with Crippen molar-refractivity contribution in [1.82, 2.24) is 0 Å². The van der Waals surface area contributed by atoms with E-state index >= 15 is 0 Å². The number of rotatable bonds is 5. The molecule has 0 atom stereocenters. The number of primary amides is 1. The van der Waals surface area contributed by atoms with E-state index in [1.54, 1.807) is 0 Å². The van der Waals surface area contributed by atoms with Crippen molar-refractivity contribution in [3.63, 3.8) is 0 Å². The molecule has 0 saturated carbocycles. The molecule has 0 aliphatic rings. The standard InChI is InChI=1S/C13H15ClN2O4/c1-13(2,12(19)20)6-10(17)16-7-3-4-8(11(15)18)9(14)5-7/h3-5H,6H2,1-2H3,(H2,15,18)(H,16,17)(H,19,20). The van der Waals surface area contributed by atoms with E-state index in [9.17, 15) is 14.4 Å². The van der Waals surface area contributed by atoms with Crippen LogP contribution < -0.4 is 11.1 Å². The van der Waals surface area contributed by atoms with E-state index in [1.165, 1.54) is 32.0 Å². The highest BCUT2D eigenvalue weighted by atomic mass is 35.5. The lowest BCUT2D eigenvalue weighted by Crippen LogP contribution is -2.29. The van der Waals surface area contributed by atoms with E-state index in [4.69, 9.17) is 22.4 Å². The fourth-order valence-corrected chi connectivity index (χ4v) is 1.75. The summed E-state index contributed by atoms with van der Waals surface area (Å²) >= 11 is 5.85. The van der Waals surface area contributed by atoms with Gasteiger partial charge in [-0.05, 0) is 32.0 Å². The molecule has 0 saturated heterocycles. The lowest BCUT2D eigenvalue weighted by atomic mass is 9.89. The minimum Gasteiger partial charge on any atom is -0.481 e. The van der Waals surface area contributed by atoms with Crippen molar-refractivity contribution in [2.45, 2.75) is 20.3 Å². The number of carbonyl (C=O) groups excluding carboxylic acids is 2. The minimum absolute atomic E-state index is 0.118. The zero-order valence-electron chi connectivity index (χ0n) is 11.1. The number of nitrogens with one attached hydrogen (secondary N) is 1. The van der Waals surface area contributed by atoms with Crippen LogP contribution >= 0.6 is 11.6 Å². The second kappa shape index (κ2) is 5.92. The largest absolute Gasteiger partial charge is 0.481 e. The van der Waals surface area contributed by atoms with Crippen molar-refractivity contribution < 1.29 is 19.5 Å². The maximum atomic E-state index is 11.8. The van der Waals surface area contributed by atoms with Gasteiger partial charge >= 0.3 is 5.97 Å². The Morgan fingerprint density at radius 2 is 1.95 bits per heavy atom. The summed E-state index contributed by atoms with van der Waals surface area (Å²) in [7, 11) is 0. The number of carboxylic acids is 1. The van der Waals surface area contributed by atoms with Crippen molar-refractivity contribution in [3.8, 4) is 0 Å². The molecule has 7 heteroatoms. The fraction of sp³-hybridized carbons (Fsp3) is 0.308. The molecule has 0 fully saturated rings. The third kappa shape index (κ3) is 3.96. The van der Waals surface area contributed by atoms with Gasteiger partial charge in [0, 0.05) is 12.1 Å². The normalized spacial score (nSPS) is 10.9. The summed E-state index contributed by atoms with van der Waals surface area (Å²) in [6.07, 6.45) is -0.183. The number of benzene rings is 1. The Bertz CT molecular complexity index is 569. The van der Waals surface area contributed by atoms with Crippen molar-refractivity contribution in [1.29, 1.82) is 0 Å². The molecule has 0 aliphatic carbocycles. The van der Waals surface area contributed by atoms with Crippen LogP contribution in [0.5, 0.6) is 0 Å². The predicted molar refractivity (Wildman–Crippen MR) is 74.6 cm³/mol. The van der Waals surface area contributed by atoms with E-state index in [0.29, 0.717) is 5.69 Å². The van der Waals surface area contributed by atoms with Crippen molar-refractivity contribution in [2.75, 3.05) is 5.32 Å². The monoisotopic (exact) mass is 298 g/mol. The average Bonchev–Trinajstić information content (AvgIpc) is 2.26. The molecule has 1 aromatic carbocycles. The molecule has 4 N–H and O–H groups in total. The van der Waals surface area contributed by atoms with Crippen LogP contribution in [-0.2, 0) is 9.59 Å². The average molecular weight is 299 g/mol. The lowest BCUT2D eigenvalue weighted by Gasteiger charge is -2.18. The number of amides is 2. The summed E-state index contributed by atoms with van der Waals surface area (Å²) in [5, 5.41) is 11.6. The number of carboxylic acid groups (broad SMARTS) is 1. The molecular weight excluding hydrogens is 284 g/mol. The van der Waals surface area contributed by atoms with Gasteiger partial charge in [0.2, 0.25) is 11.8 Å². The number of aliphatic carboxylic acids is 1. The Labute approximate surface area is 120 Å². The molecule has 1 rings (SSSR count). The minimum atomic E-state index is -1.17. The van der Waals surface area contributed by atoms with Crippen LogP contribution in [0.3, 0.4) is 0 Å². The van der Waals surface area contributed by atoms with Crippen LogP contribution in [0.4, 0.5) is 5.69 Å². The van der Waals surface area contributed by atoms with E-state index in [1.807, 2.05) is 0 Å². The first kappa shape index (κ1) is 16.0. The molecular formula is C13H15ClN2O4. The van der Waals surface area contributed by atoms with Crippen LogP contribution in [0.1, 0.15) is 30.6 Å². The quantitative estimate of drug-likeness (QED) is 0.771. The number of hydrogen-bond donors (Lipinski definition) is 3. The summed E-state index contributed by atoms with van der Waals surface area (Å²) in [5.41, 5.74) is 4.46. The van der Waals surface area contributed by atoms with Crippen LogP contribution in [-0.4, -0.2) is 22.9 Å². The molecule has 0 unspecified atom stereocenters. The highest BCUT2D eigenvalue weighted by Crippen LogP contribution is 2.23. The molecule has 20 heavy (non-hydrogen) atoms. The maximum absolute atomic E-state index is 11.8. The predicted octanol–water partition coefficient (Wildman–Crippen LogP) is 1.88. The molecule has 0 aliphatic heterocycles.